The zero-order valence-electron chi connectivity index (χ0n) is 7.03. The molecule has 0 saturated heterocycles. The van der Waals surface area contributed by atoms with Crippen molar-refractivity contribution in [3.63, 3.8) is 0 Å². The number of carboxylic acids is 1. The largest absolute Gasteiger partial charge is 0.508 e. The number of hydrogen-bond donors (Lipinski definition) is 2. The molecule has 1 aromatic carbocycles. The van der Waals surface area contributed by atoms with Gasteiger partial charge in [-0.25, -0.2) is 0 Å². The summed E-state index contributed by atoms with van der Waals surface area (Å²) in [5.41, 5.74) is 1.82. The second-order valence-electron chi connectivity index (χ2n) is 3.31. The van der Waals surface area contributed by atoms with Crippen LogP contribution in [0.3, 0.4) is 0 Å². The van der Waals surface area contributed by atoms with Crippen LogP contribution < -0.4 is 0 Å². The van der Waals surface area contributed by atoms with Crippen LogP contribution in [0, 0.1) is 0 Å². The van der Waals surface area contributed by atoms with Crippen molar-refractivity contribution in [1.82, 2.24) is 0 Å². The minimum absolute atomic E-state index is 0.145. The van der Waals surface area contributed by atoms with E-state index in [2.05, 4.69) is 0 Å². The van der Waals surface area contributed by atoms with E-state index in [0.717, 1.165) is 17.5 Å². The van der Waals surface area contributed by atoms with Gasteiger partial charge in [0.15, 0.2) is 0 Å². The SMILES string of the molecule is O=C(O)C1CCc2ccc(O)cc21. The molecule has 0 bridgehead atoms. The Hall–Kier alpha value is -1.51. The Labute approximate surface area is 75.6 Å². The molecule has 0 spiro atoms. The van der Waals surface area contributed by atoms with Crippen LogP contribution in [0.15, 0.2) is 18.2 Å². The summed E-state index contributed by atoms with van der Waals surface area (Å²) in [5, 5.41) is 18.1. The van der Waals surface area contributed by atoms with Gasteiger partial charge >= 0.3 is 5.97 Å². The third-order valence-corrected chi connectivity index (χ3v) is 2.51. The Balaban J connectivity index is 2.46. The van der Waals surface area contributed by atoms with Crippen LogP contribution in [0.25, 0.3) is 0 Å². The van der Waals surface area contributed by atoms with Gasteiger partial charge in [-0.3, -0.25) is 4.79 Å². The Morgan fingerprint density at radius 2 is 2.23 bits per heavy atom. The summed E-state index contributed by atoms with van der Waals surface area (Å²) in [6.45, 7) is 0. The van der Waals surface area contributed by atoms with E-state index in [1.54, 1.807) is 18.2 Å². The Kier molecular flexibility index (Phi) is 1.72. The van der Waals surface area contributed by atoms with E-state index in [0.29, 0.717) is 6.42 Å². The van der Waals surface area contributed by atoms with Gasteiger partial charge in [-0.15, -0.1) is 0 Å². The van der Waals surface area contributed by atoms with E-state index in [1.165, 1.54) is 0 Å². The number of carboxylic acid groups (broad SMARTS) is 1. The maximum atomic E-state index is 10.8. The molecule has 1 atom stereocenters. The minimum atomic E-state index is -0.802. The third-order valence-electron chi connectivity index (χ3n) is 2.51. The molecule has 1 aliphatic carbocycles. The average Bonchev–Trinajstić information content (AvgIpc) is 2.46. The van der Waals surface area contributed by atoms with E-state index >= 15 is 0 Å². The van der Waals surface area contributed by atoms with E-state index in [9.17, 15) is 9.90 Å². The van der Waals surface area contributed by atoms with Crippen LogP contribution in [-0.2, 0) is 11.2 Å². The van der Waals surface area contributed by atoms with E-state index in [-0.39, 0.29) is 5.75 Å². The van der Waals surface area contributed by atoms with Crippen molar-refractivity contribution in [1.29, 1.82) is 0 Å². The first kappa shape index (κ1) is 8.10. The molecule has 0 radical (unpaired) electrons. The molecule has 0 heterocycles. The van der Waals surface area contributed by atoms with Crippen molar-refractivity contribution in [2.24, 2.45) is 0 Å². The molecule has 1 aromatic rings. The molecule has 0 fully saturated rings. The van der Waals surface area contributed by atoms with Gasteiger partial charge in [0.05, 0.1) is 5.92 Å². The lowest BCUT2D eigenvalue weighted by Crippen LogP contribution is -2.07. The number of phenolic OH excluding ortho intramolecular Hbond substituents is 1. The van der Waals surface area contributed by atoms with Crippen LogP contribution in [0.4, 0.5) is 0 Å². The highest BCUT2D eigenvalue weighted by atomic mass is 16.4. The molecular formula is C10H10O3. The second kappa shape index (κ2) is 2.76. The van der Waals surface area contributed by atoms with E-state index in [1.807, 2.05) is 0 Å². The Morgan fingerprint density at radius 3 is 2.92 bits per heavy atom. The monoisotopic (exact) mass is 178 g/mol. The lowest BCUT2D eigenvalue weighted by Gasteiger charge is -2.05. The van der Waals surface area contributed by atoms with Gasteiger partial charge in [0.25, 0.3) is 0 Å². The molecule has 0 amide bonds. The van der Waals surface area contributed by atoms with Crippen molar-refractivity contribution in [2.75, 3.05) is 0 Å². The normalized spacial score (nSPS) is 19.8. The summed E-state index contributed by atoms with van der Waals surface area (Å²) < 4.78 is 0. The van der Waals surface area contributed by atoms with Gasteiger partial charge in [0, 0.05) is 0 Å². The van der Waals surface area contributed by atoms with E-state index in [4.69, 9.17) is 5.11 Å². The first-order chi connectivity index (χ1) is 6.18. The molecule has 0 aromatic heterocycles. The smallest absolute Gasteiger partial charge is 0.310 e. The number of aryl methyl sites for hydroxylation is 1. The van der Waals surface area contributed by atoms with E-state index < -0.39 is 11.9 Å². The average molecular weight is 178 g/mol. The first-order valence-corrected chi connectivity index (χ1v) is 4.23. The van der Waals surface area contributed by atoms with Crippen molar-refractivity contribution >= 4 is 5.97 Å². The lowest BCUT2D eigenvalue weighted by molar-refractivity contribution is -0.138. The number of phenols is 1. The number of aliphatic carboxylic acids is 1. The van der Waals surface area contributed by atoms with Crippen LogP contribution in [0.1, 0.15) is 23.5 Å². The van der Waals surface area contributed by atoms with Crippen molar-refractivity contribution < 1.29 is 15.0 Å². The summed E-state index contributed by atoms with van der Waals surface area (Å²) in [7, 11) is 0. The predicted molar refractivity (Wildman–Crippen MR) is 46.8 cm³/mol. The van der Waals surface area contributed by atoms with Crippen LogP contribution in [0.5, 0.6) is 5.75 Å². The van der Waals surface area contributed by atoms with Gasteiger partial charge in [-0.2, -0.15) is 0 Å². The lowest BCUT2D eigenvalue weighted by atomic mass is 10.0. The molecule has 1 unspecified atom stereocenters. The summed E-state index contributed by atoms with van der Waals surface area (Å²) in [6.07, 6.45) is 1.45. The van der Waals surface area contributed by atoms with Gasteiger partial charge in [-0.05, 0) is 36.1 Å². The van der Waals surface area contributed by atoms with Gasteiger partial charge in [0.1, 0.15) is 5.75 Å². The first-order valence-electron chi connectivity index (χ1n) is 4.23. The fourth-order valence-electron chi connectivity index (χ4n) is 1.85. The second-order valence-corrected chi connectivity index (χ2v) is 3.31. The van der Waals surface area contributed by atoms with Gasteiger partial charge in [-0.1, -0.05) is 6.07 Å². The topological polar surface area (TPSA) is 57.5 Å². The standard InChI is InChI=1S/C10H10O3/c11-7-3-1-6-2-4-8(10(12)13)9(6)5-7/h1,3,5,8,11H,2,4H2,(H,12,13). The number of aromatic hydroxyl groups is 1. The fraction of sp³-hybridized carbons (Fsp3) is 0.300. The maximum Gasteiger partial charge on any atom is 0.310 e. The molecule has 2 N–H and O–H groups in total. The van der Waals surface area contributed by atoms with Crippen LogP contribution in [0.2, 0.25) is 0 Å². The fourth-order valence-corrected chi connectivity index (χ4v) is 1.85. The van der Waals surface area contributed by atoms with Crippen molar-refractivity contribution in [2.45, 2.75) is 18.8 Å². The molecule has 0 saturated carbocycles. The molecule has 1 aliphatic rings. The summed E-state index contributed by atoms with van der Waals surface area (Å²) in [6, 6.07) is 4.96. The minimum Gasteiger partial charge on any atom is -0.508 e. The number of fused-ring (bicyclic) bond motifs is 1. The number of carbonyl (C=O) groups is 1. The summed E-state index contributed by atoms with van der Waals surface area (Å²) >= 11 is 0. The van der Waals surface area contributed by atoms with Gasteiger partial charge < -0.3 is 10.2 Å². The number of benzene rings is 1. The molecule has 2 rings (SSSR count). The maximum absolute atomic E-state index is 10.8. The molecule has 0 aliphatic heterocycles. The Bertz CT molecular complexity index is 357. The van der Waals surface area contributed by atoms with Crippen LogP contribution in [-0.4, -0.2) is 16.2 Å². The number of rotatable bonds is 1. The molecular weight excluding hydrogens is 168 g/mol. The third kappa shape index (κ3) is 1.26. The zero-order valence-corrected chi connectivity index (χ0v) is 7.03. The van der Waals surface area contributed by atoms with Crippen molar-refractivity contribution in [3.8, 4) is 5.75 Å². The Morgan fingerprint density at radius 1 is 1.46 bits per heavy atom. The predicted octanol–water partition coefficient (Wildman–Crippen LogP) is 1.51. The molecule has 13 heavy (non-hydrogen) atoms. The highest BCUT2D eigenvalue weighted by Crippen LogP contribution is 2.35. The highest BCUT2D eigenvalue weighted by molar-refractivity contribution is 5.78. The molecule has 68 valence electrons. The quantitative estimate of drug-likeness (QED) is 0.685. The van der Waals surface area contributed by atoms with Crippen LogP contribution >= 0.6 is 0 Å². The summed E-state index contributed by atoms with van der Waals surface area (Å²) in [4.78, 5) is 10.8. The molecule has 3 heteroatoms. The highest BCUT2D eigenvalue weighted by Gasteiger charge is 2.28. The summed E-state index contributed by atoms with van der Waals surface area (Å²) in [5.74, 6) is -1.08. The van der Waals surface area contributed by atoms with Crippen molar-refractivity contribution in [3.05, 3.63) is 29.3 Å². The zero-order chi connectivity index (χ0) is 9.42. The molecule has 3 nitrogen and oxygen atoms in total. The van der Waals surface area contributed by atoms with Gasteiger partial charge in [0.2, 0.25) is 0 Å². The number of hydrogen-bond acceptors (Lipinski definition) is 2.